The van der Waals surface area contributed by atoms with Gasteiger partial charge in [-0.1, -0.05) is 43.5 Å². The van der Waals surface area contributed by atoms with Gasteiger partial charge in [0.2, 0.25) is 10.0 Å². The number of benzene rings is 1. The highest BCUT2D eigenvalue weighted by molar-refractivity contribution is 7.88. The summed E-state index contributed by atoms with van der Waals surface area (Å²) in [6, 6.07) is 7.50. The van der Waals surface area contributed by atoms with Crippen LogP contribution in [0.4, 0.5) is 0 Å². The Morgan fingerprint density at radius 1 is 1.10 bits per heavy atom. The molecule has 0 atom stereocenters. The average Bonchev–Trinajstić information content (AvgIpc) is 2.48. The molecular weight excluding hydrogens is 284 g/mol. The lowest BCUT2D eigenvalue weighted by molar-refractivity contribution is 0.300. The average molecular weight is 310 g/mol. The molecule has 0 radical (unpaired) electrons. The lowest BCUT2D eigenvalue weighted by Crippen LogP contribution is -2.33. The Balaban J connectivity index is 1.95. The Hall–Kier alpha value is -0.910. The Morgan fingerprint density at radius 3 is 2.24 bits per heavy atom. The number of sulfonamides is 1. The maximum absolute atomic E-state index is 12.4. The number of hydrogen-bond acceptors (Lipinski definition) is 3. The second-order valence-corrected chi connectivity index (χ2v) is 8.14. The van der Waals surface area contributed by atoms with Crippen molar-refractivity contribution in [2.75, 3.05) is 13.6 Å². The van der Waals surface area contributed by atoms with Gasteiger partial charge in [-0.05, 0) is 29.9 Å². The van der Waals surface area contributed by atoms with E-state index in [-0.39, 0.29) is 5.75 Å². The summed E-state index contributed by atoms with van der Waals surface area (Å²) in [6.45, 7) is 1.14. The fourth-order valence-electron chi connectivity index (χ4n) is 2.94. The predicted octanol–water partition coefficient (Wildman–Crippen LogP) is 2.49. The third-order valence-corrected chi connectivity index (χ3v) is 6.12. The molecule has 1 aromatic carbocycles. The first-order chi connectivity index (χ1) is 10.0. The SMILES string of the molecule is CN(CC1CCCCC1)S(=O)(=O)Cc1ccc(CN)cc1. The van der Waals surface area contributed by atoms with E-state index < -0.39 is 10.0 Å². The molecular formula is C16H26N2O2S. The van der Waals surface area contributed by atoms with Gasteiger partial charge in [0.1, 0.15) is 0 Å². The van der Waals surface area contributed by atoms with E-state index in [1.807, 2.05) is 24.3 Å². The first kappa shape index (κ1) is 16.5. The van der Waals surface area contributed by atoms with Gasteiger partial charge in [-0.25, -0.2) is 12.7 Å². The van der Waals surface area contributed by atoms with Crippen molar-refractivity contribution in [3.8, 4) is 0 Å². The van der Waals surface area contributed by atoms with Gasteiger partial charge in [0.05, 0.1) is 5.75 Å². The van der Waals surface area contributed by atoms with Crippen LogP contribution in [0, 0.1) is 5.92 Å². The molecule has 0 aliphatic heterocycles. The summed E-state index contributed by atoms with van der Waals surface area (Å²) in [7, 11) is -1.52. The number of nitrogens with two attached hydrogens (primary N) is 1. The monoisotopic (exact) mass is 310 g/mol. The molecule has 0 saturated heterocycles. The molecule has 5 heteroatoms. The molecule has 0 spiro atoms. The van der Waals surface area contributed by atoms with E-state index in [2.05, 4.69) is 0 Å². The third kappa shape index (κ3) is 4.80. The Labute approximate surface area is 128 Å². The van der Waals surface area contributed by atoms with E-state index in [4.69, 9.17) is 5.73 Å². The molecule has 0 aromatic heterocycles. The van der Waals surface area contributed by atoms with E-state index in [0.717, 1.165) is 24.0 Å². The molecule has 2 N–H and O–H groups in total. The normalized spacial score (nSPS) is 17.3. The highest BCUT2D eigenvalue weighted by Crippen LogP contribution is 2.25. The highest BCUT2D eigenvalue weighted by Gasteiger charge is 2.23. The summed E-state index contributed by atoms with van der Waals surface area (Å²) in [4.78, 5) is 0. The molecule has 0 bridgehead atoms. The van der Waals surface area contributed by atoms with Crippen LogP contribution in [0.2, 0.25) is 0 Å². The maximum atomic E-state index is 12.4. The van der Waals surface area contributed by atoms with Gasteiger partial charge in [-0.2, -0.15) is 0 Å². The smallest absolute Gasteiger partial charge is 0.218 e. The van der Waals surface area contributed by atoms with Gasteiger partial charge in [0.15, 0.2) is 0 Å². The van der Waals surface area contributed by atoms with Crippen LogP contribution < -0.4 is 5.73 Å². The largest absolute Gasteiger partial charge is 0.326 e. The quantitative estimate of drug-likeness (QED) is 0.878. The standard InChI is InChI=1S/C16H26N2O2S/c1-18(12-15-5-3-2-4-6-15)21(19,20)13-16-9-7-14(11-17)8-10-16/h7-10,15H,2-6,11-13,17H2,1H3. The van der Waals surface area contributed by atoms with Crippen LogP contribution in [-0.2, 0) is 22.3 Å². The van der Waals surface area contributed by atoms with Crippen molar-refractivity contribution in [3.63, 3.8) is 0 Å². The van der Waals surface area contributed by atoms with Gasteiger partial charge < -0.3 is 5.73 Å². The van der Waals surface area contributed by atoms with Gasteiger partial charge in [0, 0.05) is 20.1 Å². The van der Waals surface area contributed by atoms with E-state index in [1.165, 1.54) is 19.3 Å². The van der Waals surface area contributed by atoms with Crippen LogP contribution in [0.15, 0.2) is 24.3 Å². The lowest BCUT2D eigenvalue weighted by atomic mass is 9.89. The zero-order valence-electron chi connectivity index (χ0n) is 12.8. The molecule has 2 rings (SSSR count). The molecule has 1 fully saturated rings. The van der Waals surface area contributed by atoms with Crippen molar-refractivity contribution in [2.24, 2.45) is 11.7 Å². The van der Waals surface area contributed by atoms with Crippen molar-refractivity contribution in [1.82, 2.24) is 4.31 Å². The lowest BCUT2D eigenvalue weighted by Gasteiger charge is -2.26. The van der Waals surface area contributed by atoms with E-state index >= 15 is 0 Å². The van der Waals surface area contributed by atoms with Crippen molar-refractivity contribution in [1.29, 1.82) is 0 Å². The summed E-state index contributed by atoms with van der Waals surface area (Å²) >= 11 is 0. The minimum absolute atomic E-state index is 0.0705. The Bertz CT molecular complexity index is 534. The van der Waals surface area contributed by atoms with Crippen LogP contribution >= 0.6 is 0 Å². The van der Waals surface area contributed by atoms with Crippen molar-refractivity contribution >= 4 is 10.0 Å². The number of rotatable bonds is 6. The summed E-state index contributed by atoms with van der Waals surface area (Å²) in [6.07, 6.45) is 6.08. The summed E-state index contributed by atoms with van der Waals surface area (Å²) in [5.74, 6) is 0.597. The van der Waals surface area contributed by atoms with E-state index in [9.17, 15) is 8.42 Å². The second-order valence-electron chi connectivity index (χ2n) is 6.06. The summed E-state index contributed by atoms with van der Waals surface area (Å²) in [5.41, 5.74) is 7.40. The fraction of sp³-hybridized carbons (Fsp3) is 0.625. The Kier molecular flexibility index (Phi) is 5.79. The first-order valence-corrected chi connectivity index (χ1v) is 9.34. The minimum atomic E-state index is -3.23. The zero-order chi connectivity index (χ0) is 15.3. The molecule has 0 amide bonds. The zero-order valence-corrected chi connectivity index (χ0v) is 13.6. The van der Waals surface area contributed by atoms with Gasteiger partial charge in [-0.3, -0.25) is 0 Å². The maximum Gasteiger partial charge on any atom is 0.218 e. The molecule has 21 heavy (non-hydrogen) atoms. The van der Waals surface area contributed by atoms with Crippen molar-refractivity contribution in [3.05, 3.63) is 35.4 Å². The first-order valence-electron chi connectivity index (χ1n) is 7.73. The number of nitrogens with zero attached hydrogens (tertiary/aromatic N) is 1. The summed E-state index contributed by atoms with van der Waals surface area (Å²) in [5, 5.41) is 0. The van der Waals surface area contributed by atoms with Crippen LogP contribution in [0.3, 0.4) is 0 Å². The van der Waals surface area contributed by atoms with Crippen molar-refractivity contribution in [2.45, 2.75) is 44.4 Å². The van der Waals surface area contributed by atoms with E-state index in [1.54, 1.807) is 11.4 Å². The number of hydrogen-bond donors (Lipinski definition) is 1. The molecule has 1 aromatic rings. The van der Waals surface area contributed by atoms with Gasteiger partial charge in [-0.15, -0.1) is 0 Å². The molecule has 1 aliphatic carbocycles. The van der Waals surface area contributed by atoms with Crippen molar-refractivity contribution < 1.29 is 8.42 Å². The van der Waals surface area contributed by atoms with Gasteiger partial charge in [0.25, 0.3) is 0 Å². The Morgan fingerprint density at radius 2 is 1.67 bits per heavy atom. The second kappa shape index (κ2) is 7.38. The van der Waals surface area contributed by atoms with Gasteiger partial charge >= 0.3 is 0 Å². The van der Waals surface area contributed by atoms with E-state index in [0.29, 0.717) is 19.0 Å². The van der Waals surface area contributed by atoms with Crippen LogP contribution in [0.5, 0.6) is 0 Å². The molecule has 1 saturated carbocycles. The topological polar surface area (TPSA) is 63.4 Å². The molecule has 0 heterocycles. The third-order valence-electron chi connectivity index (χ3n) is 4.32. The molecule has 4 nitrogen and oxygen atoms in total. The minimum Gasteiger partial charge on any atom is -0.326 e. The summed E-state index contributed by atoms with van der Waals surface area (Å²) < 4.78 is 26.4. The molecule has 0 unspecified atom stereocenters. The highest BCUT2D eigenvalue weighted by atomic mass is 32.2. The molecule has 1 aliphatic rings. The van der Waals surface area contributed by atoms with Crippen LogP contribution in [0.1, 0.15) is 43.2 Å². The molecule has 118 valence electrons. The van der Waals surface area contributed by atoms with Crippen LogP contribution in [-0.4, -0.2) is 26.3 Å². The van der Waals surface area contributed by atoms with Crippen LogP contribution in [0.25, 0.3) is 0 Å². The predicted molar refractivity (Wildman–Crippen MR) is 86.2 cm³/mol. The fourth-order valence-corrected chi connectivity index (χ4v) is 4.21.